The van der Waals surface area contributed by atoms with Gasteiger partial charge in [0.15, 0.2) is 0 Å². The van der Waals surface area contributed by atoms with Crippen LogP contribution in [0.5, 0.6) is 0 Å². The lowest BCUT2D eigenvalue weighted by Gasteiger charge is -2.05. The molecule has 0 radical (unpaired) electrons. The molecule has 1 amide bonds. The summed E-state index contributed by atoms with van der Waals surface area (Å²) in [6.45, 7) is 0.100. The third-order valence-corrected chi connectivity index (χ3v) is 3.97. The molecule has 0 aliphatic heterocycles. The predicted molar refractivity (Wildman–Crippen MR) is 68.6 cm³/mol. The van der Waals surface area contributed by atoms with Crippen molar-refractivity contribution in [3.05, 3.63) is 39.9 Å². The summed E-state index contributed by atoms with van der Waals surface area (Å²) >= 11 is 0. The Morgan fingerprint density at radius 3 is 2.75 bits per heavy atom. The van der Waals surface area contributed by atoms with E-state index in [-0.39, 0.29) is 17.9 Å². The zero-order chi connectivity index (χ0) is 14.9. The molecule has 2 unspecified atom stereocenters. The third-order valence-electron chi connectivity index (χ3n) is 3.06. The number of benzene rings is 1. The van der Waals surface area contributed by atoms with E-state index < -0.39 is 32.8 Å². The Balaban J connectivity index is 1.95. The van der Waals surface area contributed by atoms with Crippen LogP contribution in [0.15, 0.2) is 29.2 Å². The van der Waals surface area contributed by atoms with Crippen LogP contribution in [-0.2, 0) is 21.4 Å². The van der Waals surface area contributed by atoms with Crippen molar-refractivity contribution in [1.82, 2.24) is 5.32 Å². The van der Waals surface area contributed by atoms with E-state index in [1.54, 1.807) is 6.07 Å². The molecule has 1 aliphatic rings. The maximum absolute atomic E-state index is 11.6. The van der Waals surface area contributed by atoms with Gasteiger partial charge < -0.3 is 5.32 Å². The number of primary sulfonamides is 1. The van der Waals surface area contributed by atoms with Crippen molar-refractivity contribution in [2.75, 3.05) is 0 Å². The van der Waals surface area contributed by atoms with Crippen LogP contribution in [0, 0.1) is 16.0 Å². The molecule has 9 heteroatoms. The predicted octanol–water partition coefficient (Wildman–Crippen LogP) is -0.385. The van der Waals surface area contributed by atoms with E-state index in [1.165, 1.54) is 18.2 Å². The Morgan fingerprint density at radius 1 is 1.50 bits per heavy atom. The number of nitrogens with two attached hydrogens (primary N) is 1. The molecule has 0 bridgehead atoms. The lowest BCUT2D eigenvalue weighted by atomic mass is 10.2. The molecule has 1 saturated carbocycles. The Labute approximate surface area is 115 Å². The van der Waals surface area contributed by atoms with Crippen molar-refractivity contribution in [1.29, 1.82) is 0 Å². The van der Waals surface area contributed by atoms with Crippen molar-refractivity contribution in [2.24, 2.45) is 11.1 Å². The first-order valence-electron chi connectivity index (χ1n) is 5.82. The van der Waals surface area contributed by atoms with Crippen molar-refractivity contribution >= 4 is 15.9 Å². The number of rotatable bonds is 5. The van der Waals surface area contributed by atoms with Crippen molar-refractivity contribution in [3.63, 3.8) is 0 Å². The third kappa shape index (κ3) is 3.31. The van der Waals surface area contributed by atoms with E-state index in [2.05, 4.69) is 5.32 Å². The summed E-state index contributed by atoms with van der Waals surface area (Å²) < 4.78 is 22.3. The fourth-order valence-electron chi connectivity index (χ4n) is 1.85. The lowest BCUT2D eigenvalue weighted by Crippen LogP contribution is -2.27. The minimum absolute atomic E-state index is 0.0427. The molecule has 1 fully saturated rings. The van der Waals surface area contributed by atoms with Gasteiger partial charge in [-0.15, -0.1) is 0 Å². The van der Waals surface area contributed by atoms with E-state index in [0.717, 1.165) is 0 Å². The van der Waals surface area contributed by atoms with Crippen LogP contribution in [0.4, 0.5) is 0 Å². The summed E-state index contributed by atoms with van der Waals surface area (Å²) in [5.41, 5.74) is 0.558. The SMILES string of the molecule is NS(=O)(=O)c1cccc(CNC(=O)C2CC2[N+](=O)[O-])c1. The first-order valence-corrected chi connectivity index (χ1v) is 7.36. The smallest absolute Gasteiger partial charge is 0.238 e. The molecule has 8 nitrogen and oxygen atoms in total. The second kappa shape index (κ2) is 5.17. The summed E-state index contributed by atoms with van der Waals surface area (Å²) in [6.07, 6.45) is 0.246. The van der Waals surface area contributed by atoms with Crippen LogP contribution in [0.1, 0.15) is 12.0 Å². The Morgan fingerprint density at radius 2 is 2.20 bits per heavy atom. The van der Waals surface area contributed by atoms with Crippen molar-refractivity contribution in [3.8, 4) is 0 Å². The summed E-state index contributed by atoms with van der Waals surface area (Å²) in [7, 11) is -3.79. The zero-order valence-electron chi connectivity index (χ0n) is 10.4. The molecule has 20 heavy (non-hydrogen) atoms. The van der Waals surface area contributed by atoms with Gasteiger partial charge in [-0.05, 0) is 17.7 Å². The van der Waals surface area contributed by atoms with Crippen LogP contribution < -0.4 is 10.5 Å². The monoisotopic (exact) mass is 299 g/mol. The number of carbonyl (C=O) groups excluding carboxylic acids is 1. The number of amides is 1. The molecule has 2 atom stereocenters. The molecule has 2 rings (SSSR count). The highest BCUT2D eigenvalue weighted by Gasteiger charge is 2.53. The number of carbonyl (C=O) groups is 1. The van der Waals surface area contributed by atoms with Gasteiger partial charge in [-0.1, -0.05) is 12.1 Å². The molecule has 0 saturated heterocycles. The van der Waals surface area contributed by atoms with Crippen LogP contribution in [0.2, 0.25) is 0 Å². The summed E-state index contributed by atoms with van der Waals surface area (Å²) in [4.78, 5) is 21.6. The normalized spacial score (nSPS) is 21.2. The van der Waals surface area contributed by atoms with Gasteiger partial charge in [0.2, 0.25) is 22.0 Å². The van der Waals surface area contributed by atoms with Gasteiger partial charge in [0.25, 0.3) is 0 Å². The highest BCUT2D eigenvalue weighted by atomic mass is 32.2. The number of hydrogen-bond acceptors (Lipinski definition) is 5. The minimum atomic E-state index is -3.79. The summed E-state index contributed by atoms with van der Waals surface area (Å²) in [5.74, 6) is -0.987. The number of hydrogen-bond donors (Lipinski definition) is 2. The molecule has 1 aromatic rings. The Hall–Kier alpha value is -2.00. The minimum Gasteiger partial charge on any atom is -0.352 e. The summed E-state index contributed by atoms with van der Waals surface area (Å²) in [6, 6.07) is 5.05. The standard InChI is InChI=1S/C11H13N3O5S/c12-20(18,19)8-3-1-2-7(4-8)6-13-11(15)9-5-10(9)14(16)17/h1-4,9-10H,5-6H2,(H,13,15)(H2,12,18,19). The van der Waals surface area contributed by atoms with Crippen LogP contribution in [0.25, 0.3) is 0 Å². The number of sulfonamides is 1. The summed E-state index contributed by atoms with van der Waals surface area (Å²) in [5, 5.41) is 18.0. The van der Waals surface area contributed by atoms with Gasteiger partial charge in [-0.2, -0.15) is 0 Å². The molecular weight excluding hydrogens is 286 g/mol. The molecule has 1 aromatic carbocycles. The topological polar surface area (TPSA) is 132 Å². The molecule has 0 heterocycles. The van der Waals surface area contributed by atoms with Crippen LogP contribution in [0.3, 0.4) is 0 Å². The Bertz CT molecular complexity index is 658. The van der Waals surface area contributed by atoms with E-state index >= 15 is 0 Å². The fraction of sp³-hybridized carbons (Fsp3) is 0.364. The van der Waals surface area contributed by atoms with Gasteiger partial charge >= 0.3 is 0 Å². The zero-order valence-corrected chi connectivity index (χ0v) is 11.2. The average molecular weight is 299 g/mol. The number of nitro groups is 1. The van der Waals surface area contributed by atoms with Crippen LogP contribution >= 0.6 is 0 Å². The second-order valence-corrected chi connectivity index (χ2v) is 6.17. The van der Waals surface area contributed by atoms with Crippen molar-refractivity contribution in [2.45, 2.75) is 23.9 Å². The quantitative estimate of drug-likeness (QED) is 0.564. The molecule has 0 spiro atoms. The molecule has 0 aromatic heterocycles. The highest BCUT2D eigenvalue weighted by Crippen LogP contribution is 2.33. The average Bonchev–Trinajstić information content (AvgIpc) is 3.15. The maximum Gasteiger partial charge on any atom is 0.238 e. The van der Waals surface area contributed by atoms with Gasteiger partial charge in [-0.3, -0.25) is 14.9 Å². The van der Waals surface area contributed by atoms with Crippen LogP contribution in [-0.4, -0.2) is 25.3 Å². The van der Waals surface area contributed by atoms with Gasteiger partial charge in [0.05, 0.1) is 4.90 Å². The number of nitrogens with one attached hydrogen (secondary N) is 1. The first kappa shape index (κ1) is 14.4. The maximum atomic E-state index is 11.6. The lowest BCUT2D eigenvalue weighted by molar-refractivity contribution is -0.497. The first-order chi connectivity index (χ1) is 9.29. The molecule has 1 aliphatic carbocycles. The fourth-order valence-corrected chi connectivity index (χ4v) is 2.43. The second-order valence-electron chi connectivity index (χ2n) is 4.61. The number of nitrogens with zero attached hydrogens (tertiary/aromatic N) is 1. The van der Waals surface area contributed by atoms with E-state index in [1.807, 2.05) is 0 Å². The van der Waals surface area contributed by atoms with E-state index in [9.17, 15) is 23.3 Å². The van der Waals surface area contributed by atoms with Gasteiger partial charge in [-0.25, -0.2) is 13.6 Å². The van der Waals surface area contributed by atoms with E-state index in [0.29, 0.717) is 5.56 Å². The van der Waals surface area contributed by atoms with E-state index in [4.69, 9.17) is 5.14 Å². The molecule has 3 N–H and O–H groups in total. The van der Waals surface area contributed by atoms with Gasteiger partial charge in [0, 0.05) is 17.9 Å². The highest BCUT2D eigenvalue weighted by molar-refractivity contribution is 7.89. The largest absolute Gasteiger partial charge is 0.352 e. The molecule has 108 valence electrons. The molecular formula is C11H13N3O5S. The van der Waals surface area contributed by atoms with Gasteiger partial charge in [0.1, 0.15) is 5.92 Å². The Kier molecular flexibility index (Phi) is 3.73. The van der Waals surface area contributed by atoms with Crippen molar-refractivity contribution < 1.29 is 18.1 Å².